The van der Waals surface area contributed by atoms with E-state index < -0.39 is 0 Å². The molecule has 2 aromatic heterocycles. The van der Waals surface area contributed by atoms with Gasteiger partial charge in [0.15, 0.2) is 0 Å². The monoisotopic (exact) mass is 248 g/mol. The first kappa shape index (κ1) is 12.2. The summed E-state index contributed by atoms with van der Waals surface area (Å²) < 4.78 is 6.57. The van der Waals surface area contributed by atoms with E-state index in [0.29, 0.717) is 24.5 Å². The minimum Gasteiger partial charge on any atom is -0.472 e. The van der Waals surface area contributed by atoms with Gasteiger partial charge in [-0.3, -0.25) is 9.48 Å². The molecule has 0 spiro atoms. The first-order chi connectivity index (χ1) is 8.63. The smallest absolute Gasteiger partial charge is 0.274 e. The Morgan fingerprint density at radius 3 is 3.00 bits per heavy atom. The van der Waals surface area contributed by atoms with Gasteiger partial charge in [-0.15, -0.1) is 0 Å². The van der Waals surface area contributed by atoms with Crippen LogP contribution in [0.4, 0.5) is 5.69 Å². The summed E-state index contributed by atoms with van der Waals surface area (Å²) >= 11 is 0. The Kier molecular flexibility index (Phi) is 3.36. The number of amides is 1. The van der Waals surface area contributed by atoms with E-state index in [4.69, 9.17) is 10.2 Å². The van der Waals surface area contributed by atoms with Crippen LogP contribution in [-0.4, -0.2) is 27.6 Å². The summed E-state index contributed by atoms with van der Waals surface area (Å²) in [6.07, 6.45) is 4.70. The predicted octanol–water partition coefficient (Wildman–Crippen LogP) is 1.35. The Labute approximate surface area is 105 Å². The molecule has 0 unspecified atom stereocenters. The number of aryl methyl sites for hydroxylation is 1. The molecule has 2 aromatic rings. The molecule has 0 fully saturated rings. The molecule has 96 valence electrons. The van der Waals surface area contributed by atoms with Gasteiger partial charge in [0.2, 0.25) is 0 Å². The molecule has 6 nitrogen and oxygen atoms in total. The van der Waals surface area contributed by atoms with Gasteiger partial charge in [0.25, 0.3) is 5.91 Å². The highest BCUT2D eigenvalue weighted by Crippen LogP contribution is 2.14. The number of aromatic nitrogens is 2. The summed E-state index contributed by atoms with van der Waals surface area (Å²) in [6, 6.07) is 1.82. The third-order valence-corrected chi connectivity index (χ3v) is 2.72. The number of furan rings is 1. The minimum absolute atomic E-state index is 0.145. The average molecular weight is 248 g/mol. The second kappa shape index (κ2) is 4.95. The van der Waals surface area contributed by atoms with Crippen molar-refractivity contribution in [1.29, 1.82) is 0 Å². The molecular formula is C12H16N4O2. The molecule has 0 aromatic carbocycles. The highest BCUT2D eigenvalue weighted by atomic mass is 16.3. The van der Waals surface area contributed by atoms with Crippen LogP contribution in [-0.2, 0) is 13.1 Å². The largest absolute Gasteiger partial charge is 0.472 e. The molecule has 18 heavy (non-hydrogen) atoms. The number of nitrogens with zero attached hydrogens (tertiary/aromatic N) is 3. The van der Waals surface area contributed by atoms with Crippen LogP contribution in [0.25, 0.3) is 0 Å². The van der Waals surface area contributed by atoms with Crippen LogP contribution in [0.2, 0.25) is 0 Å². The topological polar surface area (TPSA) is 77.3 Å². The molecule has 0 aliphatic carbocycles. The Morgan fingerprint density at radius 2 is 2.39 bits per heavy atom. The third-order valence-electron chi connectivity index (χ3n) is 2.72. The van der Waals surface area contributed by atoms with Gasteiger partial charge in [0, 0.05) is 25.7 Å². The van der Waals surface area contributed by atoms with E-state index in [9.17, 15) is 4.79 Å². The lowest BCUT2D eigenvalue weighted by molar-refractivity contribution is 0.0773. The molecular weight excluding hydrogens is 232 g/mol. The van der Waals surface area contributed by atoms with E-state index in [0.717, 1.165) is 5.56 Å². The van der Waals surface area contributed by atoms with Crippen molar-refractivity contribution in [2.24, 2.45) is 0 Å². The standard InChI is InChI=1S/C12H16N4O2/c1-3-16-11(10(13)6-14-16)12(17)15(2)7-9-4-5-18-8-9/h4-6,8H,3,7,13H2,1-2H3. The zero-order valence-electron chi connectivity index (χ0n) is 10.5. The van der Waals surface area contributed by atoms with Gasteiger partial charge in [0.1, 0.15) is 5.69 Å². The van der Waals surface area contributed by atoms with Crippen molar-refractivity contribution in [1.82, 2.24) is 14.7 Å². The summed E-state index contributed by atoms with van der Waals surface area (Å²) in [5.41, 5.74) is 7.55. The first-order valence-electron chi connectivity index (χ1n) is 5.71. The third kappa shape index (κ3) is 2.22. The second-order valence-corrected chi connectivity index (χ2v) is 4.06. The van der Waals surface area contributed by atoms with Crippen LogP contribution < -0.4 is 5.73 Å². The summed E-state index contributed by atoms with van der Waals surface area (Å²) in [6.45, 7) is 3.00. The second-order valence-electron chi connectivity index (χ2n) is 4.06. The Bertz CT molecular complexity index is 530. The van der Waals surface area contributed by atoms with Gasteiger partial charge >= 0.3 is 0 Å². The molecule has 2 rings (SSSR count). The number of anilines is 1. The van der Waals surface area contributed by atoms with Crippen molar-refractivity contribution in [2.45, 2.75) is 20.0 Å². The predicted molar refractivity (Wildman–Crippen MR) is 66.8 cm³/mol. The Hall–Kier alpha value is -2.24. The molecule has 0 radical (unpaired) electrons. The van der Waals surface area contributed by atoms with Crippen LogP contribution in [0.1, 0.15) is 23.0 Å². The van der Waals surface area contributed by atoms with Crippen molar-refractivity contribution >= 4 is 11.6 Å². The molecule has 2 heterocycles. The molecule has 1 amide bonds. The number of nitrogen functional groups attached to an aromatic ring is 1. The summed E-state index contributed by atoms with van der Waals surface area (Å²) in [7, 11) is 1.72. The van der Waals surface area contributed by atoms with Crippen molar-refractivity contribution in [3.05, 3.63) is 36.0 Å². The molecule has 0 aliphatic heterocycles. The SMILES string of the molecule is CCn1ncc(N)c1C(=O)N(C)Cc1ccoc1. The summed E-state index contributed by atoms with van der Waals surface area (Å²) in [5.74, 6) is -0.145. The average Bonchev–Trinajstić information content (AvgIpc) is 2.97. The van der Waals surface area contributed by atoms with Crippen LogP contribution in [0.3, 0.4) is 0 Å². The molecule has 0 aliphatic rings. The van der Waals surface area contributed by atoms with Crippen LogP contribution in [0, 0.1) is 0 Å². The van der Waals surface area contributed by atoms with E-state index >= 15 is 0 Å². The van der Waals surface area contributed by atoms with E-state index in [1.54, 1.807) is 29.2 Å². The first-order valence-corrected chi connectivity index (χ1v) is 5.71. The Balaban J connectivity index is 2.17. The maximum absolute atomic E-state index is 12.3. The van der Waals surface area contributed by atoms with Gasteiger partial charge in [-0.25, -0.2) is 0 Å². The lowest BCUT2D eigenvalue weighted by atomic mass is 10.3. The van der Waals surface area contributed by atoms with Crippen molar-refractivity contribution in [3.8, 4) is 0 Å². The summed E-state index contributed by atoms with van der Waals surface area (Å²) in [4.78, 5) is 13.9. The van der Waals surface area contributed by atoms with Crippen LogP contribution in [0.15, 0.2) is 29.2 Å². The quantitative estimate of drug-likeness (QED) is 0.886. The molecule has 0 saturated carbocycles. The summed E-state index contributed by atoms with van der Waals surface area (Å²) in [5, 5.41) is 4.06. The fraction of sp³-hybridized carbons (Fsp3) is 0.333. The van der Waals surface area contributed by atoms with E-state index in [1.807, 2.05) is 13.0 Å². The fourth-order valence-corrected chi connectivity index (χ4v) is 1.78. The fourth-order valence-electron chi connectivity index (χ4n) is 1.78. The number of carbonyl (C=O) groups is 1. The Morgan fingerprint density at radius 1 is 1.61 bits per heavy atom. The minimum atomic E-state index is -0.145. The zero-order chi connectivity index (χ0) is 13.1. The molecule has 0 atom stereocenters. The van der Waals surface area contributed by atoms with Crippen LogP contribution in [0.5, 0.6) is 0 Å². The highest BCUT2D eigenvalue weighted by molar-refractivity contribution is 5.97. The molecule has 2 N–H and O–H groups in total. The highest BCUT2D eigenvalue weighted by Gasteiger charge is 2.20. The van der Waals surface area contributed by atoms with E-state index in [1.165, 1.54) is 6.20 Å². The maximum Gasteiger partial charge on any atom is 0.274 e. The normalized spacial score (nSPS) is 10.6. The number of carbonyl (C=O) groups excluding carboxylic acids is 1. The van der Waals surface area contributed by atoms with Gasteiger partial charge in [0.05, 0.1) is 24.4 Å². The molecule has 6 heteroatoms. The number of hydrogen-bond donors (Lipinski definition) is 1. The molecule has 0 bridgehead atoms. The van der Waals surface area contributed by atoms with Gasteiger partial charge in [-0.05, 0) is 13.0 Å². The van der Waals surface area contributed by atoms with Gasteiger partial charge in [-0.2, -0.15) is 5.10 Å². The number of rotatable bonds is 4. The molecule has 0 saturated heterocycles. The van der Waals surface area contributed by atoms with E-state index in [-0.39, 0.29) is 5.91 Å². The zero-order valence-corrected chi connectivity index (χ0v) is 10.5. The number of hydrogen-bond acceptors (Lipinski definition) is 4. The van der Waals surface area contributed by atoms with E-state index in [2.05, 4.69) is 5.10 Å². The maximum atomic E-state index is 12.3. The van der Waals surface area contributed by atoms with Crippen molar-refractivity contribution < 1.29 is 9.21 Å². The van der Waals surface area contributed by atoms with Gasteiger partial charge in [-0.1, -0.05) is 0 Å². The van der Waals surface area contributed by atoms with Crippen LogP contribution >= 0.6 is 0 Å². The van der Waals surface area contributed by atoms with Crippen molar-refractivity contribution in [2.75, 3.05) is 12.8 Å². The van der Waals surface area contributed by atoms with Crippen molar-refractivity contribution in [3.63, 3.8) is 0 Å². The lowest BCUT2D eigenvalue weighted by Crippen LogP contribution is -2.29. The lowest BCUT2D eigenvalue weighted by Gasteiger charge is -2.17. The van der Waals surface area contributed by atoms with Gasteiger partial charge < -0.3 is 15.1 Å². The number of nitrogens with two attached hydrogens (primary N) is 1.